The molecule has 1 amide bonds. The molecule has 1 fully saturated rings. The van der Waals surface area contributed by atoms with Gasteiger partial charge < -0.3 is 14.8 Å². The third-order valence-corrected chi connectivity index (χ3v) is 7.14. The second kappa shape index (κ2) is 8.04. The number of fused-ring (bicyclic) bond motifs is 1. The lowest BCUT2D eigenvalue weighted by Crippen LogP contribution is -2.41. The molecule has 0 aromatic heterocycles. The molecule has 2 aliphatic rings. The molecule has 154 valence electrons. The molecule has 29 heavy (non-hydrogen) atoms. The number of carbonyl (C=O) groups is 1. The van der Waals surface area contributed by atoms with Gasteiger partial charge in [0.05, 0.1) is 5.75 Å². The van der Waals surface area contributed by atoms with Crippen LogP contribution in [0.4, 0.5) is 5.69 Å². The minimum Gasteiger partial charge on any atom is -0.454 e. The Morgan fingerprint density at radius 1 is 1.10 bits per heavy atom. The van der Waals surface area contributed by atoms with Crippen LogP contribution in [0.1, 0.15) is 24.0 Å². The molecule has 0 aliphatic carbocycles. The Morgan fingerprint density at radius 3 is 2.62 bits per heavy atom. The van der Waals surface area contributed by atoms with Gasteiger partial charge in [-0.15, -0.1) is 0 Å². The average molecular weight is 416 g/mol. The SMILES string of the molecule is Cc1cccc(CS(=O)(=O)N2CCC(C(=O)Nc3ccc4c(c3)OCO4)CC2)c1. The summed E-state index contributed by atoms with van der Waals surface area (Å²) in [6.07, 6.45) is 1.01. The molecule has 2 heterocycles. The molecular weight excluding hydrogens is 392 g/mol. The molecule has 4 rings (SSSR count). The Bertz CT molecular complexity index is 1010. The van der Waals surface area contributed by atoms with Gasteiger partial charge in [-0.05, 0) is 37.5 Å². The van der Waals surface area contributed by atoms with Gasteiger partial charge in [-0.3, -0.25) is 4.79 Å². The lowest BCUT2D eigenvalue weighted by Gasteiger charge is -2.30. The average Bonchev–Trinajstić information content (AvgIpc) is 3.15. The van der Waals surface area contributed by atoms with Crippen molar-refractivity contribution in [2.75, 3.05) is 25.2 Å². The van der Waals surface area contributed by atoms with Gasteiger partial charge in [0.1, 0.15) is 0 Å². The van der Waals surface area contributed by atoms with Crippen molar-refractivity contribution >= 4 is 21.6 Å². The molecule has 0 atom stereocenters. The van der Waals surface area contributed by atoms with E-state index in [1.165, 1.54) is 4.31 Å². The summed E-state index contributed by atoms with van der Waals surface area (Å²) < 4.78 is 37.6. The second-order valence-electron chi connectivity index (χ2n) is 7.48. The van der Waals surface area contributed by atoms with Crippen LogP contribution in [0.15, 0.2) is 42.5 Å². The zero-order chi connectivity index (χ0) is 20.4. The molecule has 0 bridgehead atoms. The van der Waals surface area contributed by atoms with Crippen LogP contribution in [0.5, 0.6) is 11.5 Å². The third-order valence-electron chi connectivity index (χ3n) is 5.29. The molecule has 1 saturated heterocycles. The molecule has 1 N–H and O–H groups in total. The monoisotopic (exact) mass is 416 g/mol. The van der Waals surface area contributed by atoms with Crippen LogP contribution in [0.3, 0.4) is 0 Å². The molecular formula is C21H24N2O5S. The maximum atomic E-state index is 12.7. The first kappa shape index (κ1) is 19.7. The van der Waals surface area contributed by atoms with E-state index in [9.17, 15) is 13.2 Å². The number of ether oxygens (including phenoxy) is 2. The standard InChI is InChI=1S/C21H24N2O5S/c1-15-3-2-4-16(11-15)13-29(25,26)23-9-7-17(8-10-23)21(24)22-18-5-6-19-20(12-18)28-14-27-19/h2-6,11-12,17H,7-10,13-14H2,1H3,(H,22,24). The normalized spacial score (nSPS) is 17.3. The Kier molecular flexibility index (Phi) is 5.47. The van der Waals surface area contributed by atoms with Crippen LogP contribution in [-0.4, -0.2) is 38.5 Å². The number of piperidine rings is 1. The van der Waals surface area contributed by atoms with Crippen LogP contribution in [0.2, 0.25) is 0 Å². The van der Waals surface area contributed by atoms with E-state index < -0.39 is 10.0 Å². The number of hydrogen-bond acceptors (Lipinski definition) is 5. The summed E-state index contributed by atoms with van der Waals surface area (Å²) in [7, 11) is -3.40. The van der Waals surface area contributed by atoms with Gasteiger partial charge in [0, 0.05) is 30.8 Å². The van der Waals surface area contributed by atoms with Gasteiger partial charge in [0.15, 0.2) is 11.5 Å². The van der Waals surface area contributed by atoms with Gasteiger partial charge in [0.2, 0.25) is 22.7 Å². The summed E-state index contributed by atoms with van der Waals surface area (Å²) in [4.78, 5) is 12.6. The van der Waals surface area contributed by atoms with Crippen molar-refractivity contribution in [3.05, 3.63) is 53.6 Å². The number of carbonyl (C=O) groups excluding carboxylic acids is 1. The van der Waals surface area contributed by atoms with Crippen molar-refractivity contribution < 1.29 is 22.7 Å². The predicted molar refractivity (Wildman–Crippen MR) is 109 cm³/mol. The number of nitrogens with zero attached hydrogens (tertiary/aromatic N) is 1. The highest BCUT2D eigenvalue weighted by atomic mass is 32.2. The van der Waals surface area contributed by atoms with Gasteiger partial charge >= 0.3 is 0 Å². The van der Waals surface area contributed by atoms with Crippen LogP contribution >= 0.6 is 0 Å². The van der Waals surface area contributed by atoms with Crippen molar-refractivity contribution in [1.82, 2.24) is 4.31 Å². The minimum atomic E-state index is -3.40. The summed E-state index contributed by atoms with van der Waals surface area (Å²) in [5.74, 6) is 0.948. The number of aryl methyl sites for hydroxylation is 1. The Balaban J connectivity index is 1.33. The first-order chi connectivity index (χ1) is 13.9. The lowest BCUT2D eigenvalue weighted by molar-refractivity contribution is -0.120. The Hall–Kier alpha value is -2.58. The summed E-state index contributed by atoms with van der Waals surface area (Å²) in [5, 5.41) is 2.90. The fourth-order valence-electron chi connectivity index (χ4n) is 3.72. The molecule has 0 radical (unpaired) electrons. The van der Waals surface area contributed by atoms with E-state index in [1.807, 2.05) is 31.2 Å². The van der Waals surface area contributed by atoms with Crippen LogP contribution in [0.25, 0.3) is 0 Å². The van der Waals surface area contributed by atoms with E-state index in [-0.39, 0.29) is 24.4 Å². The number of sulfonamides is 1. The van der Waals surface area contributed by atoms with Gasteiger partial charge in [0.25, 0.3) is 0 Å². The maximum Gasteiger partial charge on any atom is 0.231 e. The topological polar surface area (TPSA) is 84.9 Å². The number of anilines is 1. The first-order valence-electron chi connectivity index (χ1n) is 9.64. The van der Waals surface area contributed by atoms with Gasteiger partial charge in [-0.2, -0.15) is 0 Å². The summed E-state index contributed by atoms with van der Waals surface area (Å²) in [5.41, 5.74) is 2.47. The van der Waals surface area contributed by atoms with Crippen molar-refractivity contribution in [2.45, 2.75) is 25.5 Å². The fraction of sp³-hybridized carbons (Fsp3) is 0.381. The van der Waals surface area contributed by atoms with Crippen molar-refractivity contribution in [3.63, 3.8) is 0 Å². The first-order valence-corrected chi connectivity index (χ1v) is 11.3. The summed E-state index contributed by atoms with van der Waals surface area (Å²) >= 11 is 0. The van der Waals surface area contributed by atoms with E-state index in [0.717, 1.165) is 11.1 Å². The third kappa shape index (κ3) is 4.54. The zero-order valence-corrected chi connectivity index (χ0v) is 17.1. The number of hydrogen-bond donors (Lipinski definition) is 1. The summed E-state index contributed by atoms with van der Waals surface area (Å²) in [6.45, 7) is 2.84. The molecule has 2 aromatic carbocycles. The molecule has 8 heteroatoms. The number of benzene rings is 2. The fourth-order valence-corrected chi connectivity index (χ4v) is 5.27. The largest absolute Gasteiger partial charge is 0.454 e. The molecule has 0 spiro atoms. The molecule has 0 saturated carbocycles. The van der Waals surface area contributed by atoms with Crippen LogP contribution < -0.4 is 14.8 Å². The van der Waals surface area contributed by atoms with Crippen molar-refractivity contribution in [2.24, 2.45) is 5.92 Å². The second-order valence-corrected chi connectivity index (χ2v) is 9.44. The highest BCUT2D eigenvalue weighted by Gasteiger charge is 2.31. The quantitative estimate of drug-likeness (QED) is 0.810. The van der Waals surface area contributed by atoms with Crippen LogP contribution in [0, 0.1) is 12.8 Å². The maximum absolute atomic E-state index is 12.7. The number of rotatable bonds is 5. The highest BCUT2D eigenvalue weighted by Crippen LogP contribution is 2.34. The van der Waals surface area contributed by atoms with E-state index >= 15 is 0 Å². The van der Waals surface area contributed by atoms with Crippen molar-refractivity contribution in [1.29, 1.82) is 0 Å². The van der Waals surface area contributed by atoms with Crippen molar-refractivity contribution in [3.8, 4) is 11.5 Å². The van der Waals surface area contributed by atoms with E-state index in [0.29, 0.717) is 43.1 Å². The molecule has 7 nitrogen and oxygen atoms in total. The van der Waals surface area contributed by atoms with Gasteiger partial charge in [-0.1, -0.05) is 29.8 Å². The number of amides is 1. The molecule has 2 aromatic rings. The predicted octanol–water partition coefficient (Wildman–Crippen LogP) is 2.90. The van der Waals surface area contributed by atoms with E-state index in [2.05, 4.69) is 5.32 Å². The Morgan fingerprint density at radius 2 is 1.86 bits per heavy atom. The Labute approximate surface area is 170 Å². The van der Waals surface area contributed by atoms with E-state index in [4.69, 9.17) is 9.47 Å². The zero-order valence-electron chi connectivity index (χ0n) is 16.3. The van der Waals surface area contributed by atoms with Crippen LogP contribution in [-0.2, 0) is 20.6 Å². The number of nitrogens with one attached hydrogen (secondary N) is 1. The highest BCUT2D eigenvalue weighted by molar-refractivity contribution is 7.88. The summed E-state index contributed by atoms with van der Waals surface area (Å²) in [6, 6.07) is 12.8. The lowest BCUT2D eigenvalue weighted by atomic mass is 9.97. The van der Waals surface area contributed by atoms with E-state index in [1.54, 1.807) is 18.2 Å². The molecule has 0 unspecified atom stereocenters. The van der Waals surface area contributed by atoms with Gasteiger partial charge in [-0.25, -0.2) is 12.7 Å². The molecule has 2 aliphatic heterocycles. The minimum absolute atomic E-state index is 0.0112. The smallest absolute Gasteiger partial charge is 0.231 e.